The van der Waals surface area contributed by atoms with Crippen LogP contribution in [0.15, 0.2) is 17.0 Å². The van der Waals surface area contributed by atoms with Gasteiger partial charge in [-0.05, 0) is 67.8 Å². The van der Waals surface area contributed by atoms with Crippen molar-refractivity contribution in [2.75, 3.05) is 33.4 Å². The van der Waals surface area contributed by atoms with Crippen LogP contribution in [0.1, 0.15) is 30.9 Å². The third-order valence-electron chi connectivity index (χ3n) is 4.86. The van der Waals surface area contributed by atoms with E-state index in [-0.39, 0.29) is 23.5 Å². The summed E-state index contributed by atoms with van der Waals surface area (Å²) in [7, 11) is 1.56. The van der Waals surface area contributed by atoms with Crippen molar-refractivity contribution < 1.29 is 28.6 Å². The second kappa shape index (κ2) is 9.99. The molecule has 2 aliphatic rings. The molecule has 0 spiro atoms. The number of imide groups is 1. The van der Waals surface area contributed by atoms with E-state index in [1.807, 2.05) is 19.9 Å². The number of rotatable bonds is 8. The standard InChI is InChI=1S/C21H26N2O6S/c1-4-28-17-9-14(13(2)8-16(17)27-3)10-18-20(25)23(21(26)30-18)12-19(24)22-11-15-6-5-7-29-15/h8-10,15H,4-7,11-12H2,1-3H3,(H,22,24)/b18-10-/t15-/m1/s1. The first-order valence-corrected chi connectivity index (χ1v) is 10.7. The molecule has 2 fully saturated rings. The lowest BCUT2D eigenvalue weighted by molar-refractivity contribution is -0.129. The van der Waals surface area contributed by atoms with E-state index in [0.717, 1.165) is 40.6 Å². The lowest BCUT2D eigenvalue weighted by Gasteiger charge is -2.14. The van der Waals surface area contributed by atoms with E-state index in [4.69, 9.17) is 14.2 Å². The van der Waals surface area contributed by atoms with Crippen molar-refractivity contribution in [2.45, 2.75) is 32.8 Å². The van der Waals surface area contributed by atoms with Crippen LogP contribution in [0.25, 0.3) is 6.08 Å². The number of hydrogen-bond acceptors (Lipinski definition) is 7. The second-order valence-electron chi connectivity index (χ2n) is 7.00. The number of thioether (sulfide) groups is 1. The van der Waals surface area contributed by atoms with Crippen LogP contribution in [0.3, 0.4) is 0 Å². The molecule has 0 radical (unpaired) electrons. The molecule has 3 rings (SSSR count). The Balaban J connectivity index is 1.69. The number of carbonyl (C=O) groups is 3. The number of nitrogens with zero attached hydrogens (tertiary/aromatic N) is 1. The van der Waals surface area contributed by atoms with Crippen molar-refractivity contribution in [1.29, 1.82) is 0 Å². The van der Waals surface area contributed by atoms with Crippen LogP contribution >= 0.6 is 11.8 Å². The maximum absolute atomic E-state index is 12.7. The molecule has 3 amide bonds. The first-order chi connectivity index (χ1) is 14.4. The van der Waals surface area contributed by atoms with Gasteiger partial charge in [-0.1, -0.05) is 0 Å². The Morgan fingerprint density at radius 1 is 1.37 bits per heavy atom. The molecule has 2 aliphatic heterocycles. The van der Waals surface area contributed by atoms with Gasteiger partial charge in [0.25, 0.3) is 11.1 Å². The predicted molar refractivity (Wildman–Crippen MR) is 114 cm³/mol. The number of amides is 3. The highest BCUT2D eigenvalue weighted by Gasteiger charge is 2.36. The van der Waals surface area contributed by atoms with Gasteiger partial charge in [-0.3, -0.25) is 19.3 Å². The first-order valence-electron chi connectivity index (χ1n) is 9.88. The van der Waals surface area contributed by atoms with Crippen molar-refractivity contribution in [1.82, 2.24) is 10.2 Å². The summed E-state index contributed by atoms with van der Waals surface area (Å²) in [6.07, 6.45) is 3.52. The molecule has 30 heavy (non-hydrogen) atoms. The highest BCUT2D eigenvalue weighted by atomic mass is 32.2. The van der Waals surface area contributed by atoms with Crippen molar-refractivity contribution in [3.63, 3.8) is 0 Å². The molecule has 9 heteroatoms. The van der Waals surface area contributed by atoms with Crippen molar-refractivity contribution >= 4 is 34.9 Å². The zero-order chi connectivity index (χ0) is 21.7. The number of aryl methyl sites for hydroxylation is 1. The van der Waals surface area contributed by atoms with Crippen molar-refractivity contribution in [3.05, 3.63) is 28.2 Å². The molecule has 2 heterocycles. The third-order valence-corrected chi connectivity index (χ3v) is 5.77. The van der Waals surface area contributed by atoms with E-state index in [9.17, 15) is 14.4 Å². The zero-order valence-corrected chi connectivity index (χ0v) is 18.2. The first kappa shape index (κ1) is 22.2. The maximum Gasteiger partial charge on any atom is 0.294 e. The Labute approximate surface area is 179 Å². The molecule has 1 aromatic rings. The van der Waals surface area contributed by atoms with Gasteiger partial charge in [0.15, 0.2) is 11.5 Å². The highest BCUT2D eigenvalue weighted by molar-refractivity contribution is 8.18. The Bertz CT molecular complexity index is 863. The number of carbonyl (C=O) groups excluding carboxylic acids is 3. The summed E-state index contributed by atoms with van der Waals surface area (Å²) < 4.78 is 16.4. The molecular weight excluding hydrogens is 408 g/mol. The summed E-state index contributed by atoms with van der Waals surface area (Å²) in [4.78, 5) is 38.4. The van der Waals surface area contributed by atoms with E-state index >= 15 is 0 Å². The largest absolute Gasteiger partial charge is 0.493 e. The fraction of sp³-hybridized carbons (Fsp3) is 0.476. The SMILES string of the molecule is CCOc1cc(/C=C2\SC(=O)N(CC(=O)NC[C@H]3CCCO3)C2=O)c(C)cc1OC. The minimum Gasteiger partial charge on any atom is -0.493 e. The van der Waals surface area contributed by atoms with Gasteiger partial charge in [0.1, 0.15) is 6.54 Å². The van der Waals surface area contributed by atoms with Gasteiger partial charge in [-0.15, -0.1) is 0 Å². The topological polar surface area (TPSA) is 94.2 Å². The van der Waals surface area contributed by atoms with Gasteiger partial charge in [-0.2, -0.15) is 0 Å². The molecule has 0 saturated carbocycles. The zero-order valence-electron chi connectivity index (χ0n) is 17.4. The Morgan fingerprint density at radius 2 is 2.17 bits per heavy atom. The van der Waals surface area contributed by atoms with Gasteiger partial charge in [0.05, 0.1) is 24.7 Å². The van der Waals surface area contributed by atoms with E-state index in [1.54, 1.807) is 19.3 Å². The lowest BCUT2D eigenvalue weighted by Crippen LogP contribution is -2.41. The minimum absolute atomic E-state index is 0.00125. The average Bonchev–Trinajstić information content (AvgIpc) is 3.33. The quantitative estimate of drug-likeness (QED) is 0.629. The molecular formula is C21H26N2O6S. The van der Waals surface area contributed by atoms with Crippen molar-refractivity contribution in [3.8, 4) is 11.5 Å². The minimum atomic E-state index is -0.481. The number of nitrogens with one attached hydrogen (secondary N) is 1. The van der Waals surface area contributed by atoms with Crippen LogP contribution < -0.4 is 14.8 Å². The molecule has 8 nitrogen and oxygen atoms in total. The van der Waals surface area contributed by atoms with E-state index in [0.29, 0.717) is 31.3 Å². The fourth-order valence-corrected chi connectivity index (χ4v) is 4.10. The second-order valence-corrected chi connectivity index (χ2v) is 7.99. The predicted octanol–water partition coefficient (Wildman–Crippen LogP) is 2.73. The summed E-state index contributed by atoms with van der Waals surface area (Å²) in [5, 5.41) is 2.27. The number of ether oxygens (including phenoxy) is 3. The monoisotopic (exact) mass is 434 g/mol. The Morgan fingerprint density at radius 3 is 2.83 bits per heavy atom. The van der Waals surface area contributed by atoms with Gasteiger partial charge in [0.2, 0.25) is 5.91 Å². The molecule has 0 bridgehead atoms. The van der Waals surface area contributed by atoms with Gasteiger partial charge < -0.3 is 19.5 Å². The normalized spacial score (nSPS) is 20.2. The number of hydrogen-bond donors (Lipinski definition) is 1. The van der Waals surface area contributed by atoms with Crippen molar-refractivity contribution in [2.24, 2.45) is 0 Å². The summed E-state index contributed by atoms with van der Waals surface area (Å²) >= 11 is 0.822. The van der Waals surface area contributed by atoms with Crippen LogP contribution in [0.5, 0.6) is 11.5 Å². The molecule has 0 aliphatic carbocycles. The average molecular weight is 435 g/mol. The van der Waals surface area contributed by atoms with E-state index < -0.39 is 11.1 Å². The molecule has 1 aromatic carbocycles. The maximum atomic E-state index is 12.7. The van der Waals surface area contributed by atoms with Crippen LogP contribution in [-0.2, 0) is 14.3 Å². The summed E-state index contributed by atoms with van der Waals surface area (Å²) in [5.74, 6) is 0.297. The third kappa shape index (κ3) is 5.14. The number of benzene rings is 1. The molecule has 2 saturated heterocycles. The van der Waals surface area contributed by atoms with Crippen LogP contribution in [0.4, 0.5) is 4.79 Å². The molecule has 1 atom stereocenters. The van der Waals surface area contributed by atoms with Crippen LogP contribution in [-0.4, -0.2) is 61.5 Å². The molecule has 1 N–H and O–H groups in total. The smallest absolute Gasteiger partial charge is 0.294 e. The summed E-state index contributed by atoms with van der Waals surface area (Å²) in [5.41, 5.74) is 1.61. The van der Waals surface area contributed by atoms with Gasteiger partial charge in [-0.25, -0.2) is 0 Å². The molecule has 162 valence electrons. The Hall–Kier alpha value is -2.52. The van der Waals surface area contributed by atoms with Gasteiger partial charge in [0, 0.05) is 13.2 Å². The summed E-state index contributed by atoms with van der Waals surface area (Å²) in [6.45, 7) is 5.00. The molecule has 0 aromatic heterocycles. The summed E-state index contributed by atoms with van der Waals surface area (Å²) in [6, 6.07) is 3.60. The molecule has 0 unspecified atom stereocenters. The van der Waals surface area contributed by atoms with Gasteiger partial charge >= 0.3 is 0 Å². The van der Waals surface area contributed by atoms with E-state index in [2.05, 4.69) is 5.32 Å². The van der Waals surface area contributed by atoms with Crippen LogP contribution in [0.2, 0.25) is 0 Å². The highest BCUT2D eigenvalue weighted by Crippen LogP contribution is 2.36. The van der Waals surface area contributed by atoms with E-state index in [1.165, 1.54) is 0 Å². The van der Waals surface area contributed by atoms with Crippen LogP contribution in [0, 0.1) is 6.92 Å². The lowest BCUT2D eigenvalue weighted by atomic mass is 10.1. The number of methoxy groups -OCH3 is 1. The fourth-order valence-electron chi connectivity index (χ4n) is 3.27. The Kier molecular flexibility index (Phi) is 7.38.